The van der Waals surface area contributed by atoms with E-state index in [1.807, 2.05) is 0 Å². The summed E-state index contributed by atoms with van der Waals surface area (Å²) in [6.07, 6.45) is -0.974. The van der Waals surface area contributed by atoms with Crippen molar-refractivity contribution in [3.05, 3.63) is 63.7 Å². The molecule has 3 aliphatic heterocycles. The molecule has 6 atom stereocenters. The summed E-state index contributed by atoms with van der Waals surface area (Å²) in [5.41, 5.74) is -1.16. The van der Waals surface area contributed by atoms with Gasteiger partial charge in [0.05, 0.1) is 42.3 Å². The molecule has 0 unspecified atom stereocenters. The molecule has 2 fully saturated rings. The zero-order valence-electron chi connectivity index (χ0n) is 25.7. The molecule has 12 nitrogen and oxygen atoms in total. The highest BCUT2D eigenvalue weighted by molar-refractivity contribution is 6.72. The van der Waals surface area contributed by atoms with Gasteiger partial charge in [-0.25, -0.2) is 0 Å². The predicted octanol–water partition coefficient (Wildman–Crippen LogP) is 3.61. The van der Waals surface area contributed by atoms with Gasteiger partial charge in [0.1, 0.15) is 6.10 Å². The number of hydrogen-bond acceptors (Lipinski definition) is 8. The van der Waals surface area contributed by atoms with E-state index >= 15 is 4.11 Å². The van der Waals surface area contributed by atoms with Crippen LogP contribution in [0.4, 0.5) is 21.2 Å². The SMILES string of the molecule is C[C@H](O)C(=O)Nc1cccc(CN2C(=O)[C@]3(O[C@H](CC(=O)N4CCC[C@H]4CO)[C@@H]([Si](C)(C)F)[C@@H]3C)c3cc([N+](=O)[O-])ccc32)c1. The van der Waals surface area contributed by atoms with Crippen molar-refractivity contribution in [3.63, 3.8) is 0 Å². The van der Waals surface area contributed by atoms with Gasteiger partial charge in [-0.2, -0.15) is 0 Å². The summed E-state index contributed by atoms with van der Waals surface area (Å²) in [4.78, 5) is 54.4. The molecule has 3 amide bonds. The minimum absolute atomic E-state index is 0.0104. The van der Waals surface area contributed by atoms with Crippen molar-refractivity contribution < 1.29 is 38.4 Å². The third-order valence-corrected chi connectivity index (χ3v) is 11.8. The number of nitro groups is 1. The molecule has 0 radical (unpaired) electrons. The van der Waals surface area contributed by atoms with Crippen LogP contribution in [0.5, 0.6) is 0 Å². The van der Waals surface area contributed by atoms with E-state index in [9.17, 15) is 34.7 Å². The van der Waals surface area contributed by atoms with Crippen LogP contribution < -0.4 is 10.2 Å². The van der Waals surface area contributed by atoms with Gasteiger partial charge in [-0.1, -0.05) is 19.1 Å². The van der Waals surface area contributed by atoms with Crippen LogP contribution in [0.3, 0.4) is 0 Å². The zero-order chi connectivity index (χ0) is 32.8. The van der Waals surface area contributed by atoms with Crippen LogP contribution in [0.1, 0.15) is 44.2 Å². The van der Waals surface area contributed by atoms with E-state index in [2.05, 4.69) is 5.32 Å². The Balaban J connectivity index is 1.54. The molecule has 45 heavy (non-hydrogen) atoms. The number of carbonyl (C=O) groups excluding carboxylic acids is 3. The molecule has 14 heteroatoms. The number of carbonyl (C=O) groups is 3. The molecule has 5 rings (SSSR count). The molecule has 0 saturated carbocycles. The number of hydrogen-bond donors (Lipinski definition) is 3. The van der Waals surface area contributed by atoms with Gasteiger partial charge in [-0.05, 0) is 56.6 Å². The van der Waals surface area contributed by atoms with Crippen LogP contribution in [0.2, 0.25) is 18.6 Å². The molecule has 2 saturated heterocycles. The minimum Gasteiger partial charge on any atom is -0.394 e. The Morgan fingerprint density at radius 3 is 2.64 bits per heavy atom. The maximum absolute atomic E-state index is 16.2. The molecule has 2 aromatic rings. The molecular weight excluding hydrogens is 603 g/mol. The van der Waals surface area contributed by atoms with Crippen molar-refractivity contribution in [1.82, 2.24) is 4.90 Å². The molecule has 242 valence electrons. The van der Waals surface area contributed by atoms with Gasteiger partial charge < -0.3 is 34.2 Å². The summed E-state index contributed by atoms with van der Waals surface area (Å²) < 4.78 is 22.8. The Morgan fingerprint density at radius 1 is 1.27 bits per heavy atom. The number of nitrogens with one attached hydrogen (secondary N) is 1. The Hall–Kier alpha value is -3.72. The zero-order valence-corrected chi connectivity index (χ0v) is 26.7. The highest BCUT2D eigenvalue weighted by Gasteiger charge is 2.67. The molecular formula is C31H39FN4O8Si. The second-order valence-corrected chi connectivity index (χ2v) is 16.6. The van der Waals surface area contributed by atoms with E-state index in [0.29, 0.717) is 29.9 Å². The van der Waals surface area contributed by atoms with Crippen LogP contribution >= 0.6 is 0 Å². The summed E-state index contributed by atoms with van der Waals surface area (Å²) in [6, 6.07) is 10.5. The summed E-state index contributed by atoms with van der Waals surface area (Å²) in [5.74, 6) is -2.17. The van der Waals surface area contributed by atoms with Crippen LogP contribution in [-0.4, -0.2) is 77.6 Å². The highest BCUT2D eigenvalue weighted by atomic mass is 28.4. The standard InChI is InChI=1S/C31H39FN4O8Si/c1-18-28(45(3,4)32)26(15-27(39)34-12-6-9-23(34)17-37)44-31(18)24-14-22(36(42)43)10-11-25(24)35(30(31)41)16-20-7-5-8-21(13-20)33-29(40)19(2)38/h5,7-8,10-11,13-14,18-19,23,26,28,37-38H,6,9,12,15-17H2,1-4H3,(H,33,40)/t18-,19-,23-,26+,28-,31+/m0/s1. The fourth-order valence-corrected chi connectivity index (χ4v) is 9.82. The quantitative estimate of drug-likeness (QED) is 0.162. The van der Waals surface area contributed by atoms with Gasteiger partial charge >= 0.3 is 0 Å². The number of benzene rings is 2. The second kappa shape index (κ2) is 12.2. The lowest BCUT2D eigenvalue weighted by Crippen LogP contribution is -2.45. The molecule has 3 aliphatic rings. The number of nitrogens with zero attached hydrogens (tertiary/aromatic N) is 3. The van der Waals surface area contributed by atoms with E-state index in [1.54, 1.807) is 36.1 Å². The van der Waals surface area contributed by atoms with Gasteiger partial charge in [0.15, 0.2) is 5.60 Å². The Labute approximate surface area is 261 Å². The van der Waals surface area contributed by atoms with Gasteiger partial charge in [-0.3, -0.25) is 24.5 Å². The fraction of sp³-hybridized carbons (Fsp3) is 0.516. The Kier molecular flexibility index (Phi) is 8.88. The van der Waals surface area contributed by atoms with Gasteiger partial charge in [0.25, 0.3) is 17.5 Å². The van der Waals surface area contributed by atoms with E-state index in [0.717, 1.165) is 6.42 Å². The summed E-state index contributed by atoms with van der Waals surface area (Å²) >= 11 is 0. The molecule has 2 aromatic carbocycles. The third-order valence-electron chi connectivity index (χ3n) is 9.35. The van der Waals surface area contributed by atoms with Crippen molar-refractivity contribution in [3.8, 4) is 0 Å². The molecule has 0 bridgehead atoms. The van der Waals surface area contributed by atoms with Gasteiger partial charge in [-0.15, -0.1) is 0 Å². The number of fused-ring (bicyclic) bond motifs is 2. The molecule has 0 aliphatic carbocycles. The predicted molar refractivity (Wildman–Crippen MR) is 166 cm³/mol. The number of aliphatic hydroxyl groups excluding tert-OH is 2. The number of nitro benzene ring substituents is 1. The number of aliphatic hydroxyl groups is 2. The first-order valence-corrected chi connectivity index (χ1v) is 18.1. The lowest BCUT2D eigenvalue weighted by atomic mass is 9.82. The number of anilines is 2. The van der Waals surface area contributed by atoms with E-state index < -0.39 is 54.4 Å². The number of non-ortho nitro benzene ring substituents is 1. The number of rotatable bonds is 9. The van der Waals surface area contributed by atoms with Crippen LogP contribution in [0.15, 0.2) is 42.5 Å². The maximum Gasteiger partial charge on any atom is 0.269 e. The van der Waals surface area contributed by atoms with Gasteiger partial charge in [0, 0.05) is 41.4 Å². The normalized spacial score (nSPS) is 26.8. The average molecular weight is 643 g/mol. The topological polar surface area (TPSA) is 163 Å². The van der Waals surface area contributed by atoms with Crippen molar-refractivity contribution in [2.24, 2.45) is 5.92 Å². The number of halogens is 1. The summed E-state index contributed by atoms with van der Waals surface area (Å²) in [5, 5.41) is 33.8. The first-order chi connectivity index (χ1) is 21.2. The molecule has 1 spiro atoms. The largest absolute Gasteiger partial charge is 0.394 e. The van der Waals surface area contributed by atoms with Crippen LogP contribution in [-0.2, 0) is 31.3 Å². The second-order valence-electron chi connectivity index (χ2n) is 12.8. The van der Waals surface area contributed by atoms with E-state index in [-0.39, 0.29) is 42.8 Å². The number of amides is 3. The molecule has 0 aromatic heterocycles. The molecule has 3 N–H and O–H groups in total. The Bertz CT molecular complexity index is 1520. The third kappa shape index (κ3) is 5.87. The lowest BCUT2D eigenvalue weighted by Gasteiger charge is -2.31. The van der Waals surface area contributed by atoms with Crippen LogP contribution in [0.25, 0.3) is 0 Å². The molecule has 3 heterocycles. The summed E-state index contributed by atoms with van der Waals surface area (Å²) in [7, 11) is -3.60. The first kappa shape index (κ1) is 32.7. The Morgan fingerprint density at radius 2 is 2.00 bits per heavy atom. The van der Waals surface area contributed by atoms with Crippen molar-refractivity contribution >= 4 is 43.2 Å². The maximum atomic E-state index is 16.2. The smallest absolute Gasteiger partial charge is 0.269 e. The lowest BCUT2D eigenvalue weighted by molar-refractivity contribution is -0.385. The van der Waals surface area contributed by atoms with Gasteiger partial charge in [0.2, 0.25) is 14.3 Å². The average Bonchev–Trinajstić information content (AvgIpc) is 3.63. The highest BCUT2D eigenvalue weighted by Crippen LogP contribution is 2.60. The minimum atomic E-state index is -3.60. The van der Waals surface area contributed by atoms with E-state index in [4.69, 9.17) is 4.74 Å². The number of ether oxygens (including phenoxy) is 1. The summed E-state index contributed by atoms with van der Waals surface area (Å²) in [6.45, 7) is 6.38. The number of likely N-dealkylation sites (tertiary alicyclic amines) is 1. The van der Waals surface area contributed by atoms with Crippen molar-refractivity contribution in [2.45, 2.75) is 82.1 Å². The first-order valence-electron chi connectivity index (χ1n) is 15.1. The fourth-order valence-electron chi connectivity index (χ4n) is 7.33. The monoisotopic (exact) mass is 642 g/mol. The van der Waals surface area contributed by atoms with E-state index in [1.165, 1.54) is 43.1 Å². The van der Waals surface area contributed by atoms with Crippen molar-refractivity contribution in [1.29, 1.82) is 0 Å². The van der Waals surface area contributed by atoms with Crippen LogP contribution in [0, 0.1) is 16.0 Å². The van der Waals surface area contributed by atoms with Crippen molar-refractivity contribution in [2.75, 3.05) is 23.4 Å².